The van der Waals surface area contributed by atoms with E-state index in [0.29, 0.717) is 6.04 Å². The van der Waals surface area contributed by atoms with E-state index < -0.39 is 0 Å². The van der Waals surface area contributed by atoms with Gasteiger partial charge >= 0.3 is 0 Å². The molecule has 5 rings (SSSR count). The van der Waals surface area contributed by atoms with Crippen molar-refractivity contribution in [3.63, 3.8) is 0 Å². The van der Waals surface area contributed by atoms with Gasteiger partial charge in [0.25, 0.3) is 0 Å². The van der Waals surface area contributed by atoms with Gasteiger partial charge < -0.3 is 10.2 Å². The number of benzene rings is 1. The van der Waals surface area contributed by atoms with Crippen LogP contribution in [0.3, 0.4) is 0 Å². The lowest BCUT2D eigenvalue weighted by molar-refractivity contribution is -0.126. The summed E-state index contributed by atoms with van der Waals surface area (Å²) in [6.45, 7) is 3.61. The highest BCUT2D eigenvalue weighted by Crippen LogP contribution is 2.28. The van der Waals surface area contributed by atoms with Crippen LogP contribution < -0.4 is 10.2 Å². The zero-order valence-electron chi connectivity index (χ0n) is 17.9. The lowest BCUT2D eigenvalue weighted by Gasteiger charge is -2.33. The van der Waals surface area contributed by atoms with E-state index in [2.05, 4.69) is 15.2 Å². The average molecular weight is 422 g/mol. The second-order valence-electron chi connectivity index (χ2n) is 8.81. The quantitative estimate of drug-likeness (QED) is 0.688. The Kier molecular flexibility index (Phi) is 5.34. The fourth-order valence-corrected chi connectivity index (χ4v) is 4.83. The number of hydrogen-bond acceptors (Lipinski definition) is 4. The zero-order valence-corrected chi connectivity index (χ0v) is 17.9. The van der Waals surface area contributed by atoms with Crippen molar-refractivity contribution in [2.45, 2.75) is 51.5 Å². The number of rotatable bonds is 4. The van der Waals surface area contributed by atoms with Crippen LogP contribution in [0.2, 0.25) is 0 Å². The van der Waals surface area contributed by atoms with Crippen LogP contribution in [0.5, 0.6) is 0 Å². The molecule has 3 heterocycles. The number of carbonyl (C=O) groups excluding carboxylic acids is 1. The zero-order chi connectivity index (χ0) is 21.4. The van der Waals surface area contributed by atoms with Gasteiger partial charge in [-0.05, 0) is 56.9 Å². The maximum atomic E-state index is 13.3. The van der Waals surface area contributed by atoms with Crippen molar-refractivity contribution in [2.24, 2.45) is 5.92 Å². The van der Waals surface area contributed by atoms with Crippen LogP contribution in [0.4, 0.5) is 10.2 Å². The molecule has 1 amide bonds. The molecule has 6 nitrogen and oxygen atoms in total. The summed E-state index contributed by atoms with van der Waals surface area (Å²) in [6.07, 6.45) is 6.37. The van der Waals surface area contributed by atoms with Gasteiger partial charge in [0, 0.05) is 48.4 Å². The highest BCUT2D eigenvalue weighted by molar-refractivity contribution is 5.79. The second-order valence-corrected chi connectivity index (χ2v) is 8.81. The number of anilines is 1. The molecule has 1 aliphatic heterocycles. The maximum absolute atomic E-state index is 13.3. The molecule has 1 N–H and O–H groups in total. The summed E-state index contributed by atoms with van der Waals surface area (Å²) < 4.78 is 15.2. The number of carbonyl (C=O) groups is 1. The third kappa shape index (κ3) is 4.13. The SMILES string of the molecule is Cc1cc(N2CCC(C(=O)NC3CCCC3)CC2)n2nc(-c3ccc(F)cc3)cc2n1. The van der Waals surface area contributed by atoms with Gasteiger partial charge in [-0.25, -0.2) is 9.37 Å². The molecule has 0 radical (unpaired) electrons. The average Bonchev–Trinajstić information content (AvgIpc) is 3.43. The molecule has 1 aliphatic carbocycles. The van der Waals surface area contributed by atoms with Gasteiger partial charge in [-0.2, -0.15) is 9.61 Å². The predicted octanol–water partition coefficient (Wildman–Crippen LogP) is 4.12. The third-order valence-corrected chi connectivity index (χ3v) is 6.57. The molecule has 3 aromatic rings. The van der Waals surface area contributed by atoms with Crippen LogP contribution in [0.25, 0.3) is 16.9 Å². The highest BCUT2D eigenvalue weighted by atomic mass is 19.1. The largest absolute Gasteiger partial charge is 0.356 e. The molecule has 0 bridgehead atoms. The van der Waals surface area contributed by atoms with Crippen molar-refractivity contribution in [1.82, 2.24) is 19.9 Å². The fraction of sp³-hybridized carbons (Fsp3) is 0.458. The molecule has 7 heteroatoms. The van der Waals surface area contributed by atoms with E-state index >= 15 is 0 Å². The van der Waals surface area contributed by atoms with E-state index in [1.807, 2.05) is 23.6 Å². The Balaban J connectivity index is 1.34. The van der Waals surface area contributed by atoms with E-state index in [4.69, 9.17) is 5.10 Å². The first-order valence-corrected chi connectivity index (χ1v) is 11.3. The van der Waals surface area contributed by atoms with Gasteiger partial charge in [0.05, 0.1) is 5.69 Å². The standard InChI is InChI=1S/C24H28FN5O/c1-16-14-23(29-12-10-18(11-13-29)24(31)27-20-4-2-3-5-20)30-22(26-16)15-21(28-30)17-6-8-19(25)9-7-17/h6-9,14-15,18,20H,2-5,10-13H2,1H3,(H,27,31). The number of hydrogen-bond donors (Lipinski definition) is 1. The Morgan fingerprint density at radius 2 is 1.77 bits per heavy atom. The van der Waals surface area contributed by atoms with Crippen molar-refractivity contribution in [2.75, 3.05) is 18.0 Å². The summed E-state index contributed by atoms with van der Waals surface area (Å²) in [5.41, 5.74) is 3.33. The molecular formula is C24H28FN5O. The minimum atomic E-state index is -0.262. The summed E-state index contributed by atoms with van der Waals surface area (Å²) in [5.74, 6) is 1.04. The number of aromatic nitrogens is 3. The first-order chi connectivity index (χ1) is 15.1. The second kappa shape index (κ2) is 8.29. The Labute approximate surface area is 181 Å². The number of halogens is 1. The molecule has 0 atom stereocenters. The van der Waals surface area contributed by atoms with Gasteiger partial charge in [-0.1, -0.05) is 12.8 Å². The van der Waals surface area contributed by atoms with E-state index in [-0.39, 0.29) is 17.6 Å². The topological polar surface area (TPSA) is 62.5 Å². The predicted molar refractivity (Wildman–Crippen MR) is 118 cm³/mol. The van der Waals surface area contributed by atoms with Crippen LogP contribution in [0.15, 0.2) is 36.4 Å². The summed E-state index contributed by atoms with van der Waals surface area (Å²) in [4.78, 5) is 19.6. The minimum absolute atomic E-state index is 0.0858. The van der Waals surface area contributed by atoms with Gasteiger partial charge in [-0.15, -0.1) is 0 Å². The van der Waals surface area contributed by atoms with Crippen molar-refractivity contribution in [3.8, 4) is 11.3 Å². The normalized spacial score (nSPS) is 18.1. The fourth-order valence-electron chi connectivity index (χ4n) is 4.83. The van der Waals surface area contributed by atoms with E-state index in [1.165, 1.54) is 25.0 Å². The molecule has 1 aromatic carbocycles. The number of aryl methyl sites for hydroxylation is 1. The number of piperidine rings is 1. The Morgan fingerprint density at radius 3 is 2.48 bits per heavy atom. The first-order valence-electron chi connectivity index (χ1n) is 11.3. The number of amides is 1. The molecule has 2 aliphatic rings. The van der Waals surface area contributed by atoms with E-state index in [0.717, 1.165) is 67.2 Å². The van der Waals surface area contributed by atoms with E-state index in [9.17, 15) is 9.18 Å². The highest BCUT2D eigenvalue weighted by Gasteiger charge is 2.28. The Hall–Kier alpha value is -2.96. The monoisotopic (exact) mass is 421 g/mol. The third-order valence-electron chi connectivity index (χ3n) is 6.57. The molecule has 31 heavy (non-hydrogen) atoms. The van der Waals surface area contributed by atoms with Crippen LogP contribution in [-0.4, -0.2) is 39.6 Å². The van der Waals surface area contributed by atoms with Gasteiger partial charge in [0.1, 0.15) is 11.6 Å². The smallest absolute Gasteiger partial charge is 0.223 e. The van der Waals surface area contributed by atoms with Crippen LogP contribution in [0.1, 0.15) is 44.2 Å². The molecule has 1 saturated carbocycles. The Bertz CT molecular complexity index is 1080. The summed E-state index contributed by atoms with van der Waals surface area (Å²) in [6, 6.07) is 10.7. The molecule has 0 spiro atoms. The molecule has 1 saturated heterocycles. The maximum Gasteiger partial charge on any atom is 0.223 e. The number of nitrogens with zero attached hydrogens (tertiary/aromatic N) is 4. The van der Waals surface area contributed by atoms with Crippen molar-refractivity contribution in [1.29, 1.82) is 0 Å². The summed E-state index contributed by atoms with van der Waals surface area (Å²) in [5, 5.41) is 8.02. The minimum Gasteiger partial charge on any atom is -0.356 e. The van der Waals surface area contributed by atoms with Gasteiger partial charge in [0.2, 0.25) is 5.91 Å². The van der Waals surface area contributed by atoms with Crippen LogP contribution in [-0.2, 0) is 4.79 Å². The van der Waals surface area contributed by atoms with Gasteiger partial charge in [0.15, 0.2) is 5.65 Å². The van der Waals surface area contributed by atoms with E-state index in [1.54, 1.807) is 12.1 Å². The van der Waals surface area contributed by atoms with Gasteiger partial charge in [-0.3, -0.25) is 4.79 Å². The van der Waals surface area contributed by atoms with Crippen molar-refractivity contribution >= 4 is 17.4 Å². The van der Waals surface area contributed by atoms with Crippen molar-refractivity contribution in [3.05, 3.63) is 47.9 Å². The molecule has 2 fully saturated rings. The lowest BCUT2D eigenvalue weighted by Crippen LogP contribution is -2.43. The lowest BCUT2D eigenvalue weighted by atomic mass is 9.95. The van der Waals surface area contributed by atoms with Crippen LogP contribution in [0, 0.1) is 18.7 Å². The molecular weight excluding hydrogens is 393 g/mol. The molecule has 0 unspecified atom stereocenters. The first kappa shape index (κ1) is 20.0. The number of nitrogens with one attached hydrogen (secondary N) is 1. The Morgan fingerprint density at radius 1 is 1.06 bits per heavy atom. The summed E-state index contributed by atoms with van der Waals surface area (Å²) >= 11 is 0. The summed E-state index contributed by atoms with van der Waals surface area (Å²) in [7, 11) is 0. The van der Waals surface area contributed by atoms with Crippen LogP contribution >= 0.6 is 0 Å². The molecule has 162 valence electrons. The van der Waals surface area contributed by atoms with Crippen molar-refractivity contribution < 1.29 is 9.18 Å². The molecule has 2 aromatic heterocycles. The number of fused-ring (bicyclic) bond motifs is 1.